The number of carbonyl (C=O) groups excluding carboxylic acids is 2. The van der Waals surface area contributed by atoms with Crippen molar-refractivity contribution in [1.82, 2.24) is 4.90 Å². The number of hydrogen-bond acceptors (Lipinski definition) is 4. The number of nitrogens with zero attached hydrogens (tertiary/aromatic N) is 1. The van der Waals surface area contributed by atoms with Crippen molar-refractivity contribution in [3.05, 3.63) is 20.8 Å². The van der Waals surface area contributed by atoms with Crippen molar-refractivity contribution in [3.63, 3.8) is 0 Å². The van der Waals surface area contributed by atoms with Gasteiger partial charge in [-0.15, -0.1) is 11.3 Å². The van der Waals surface area contributed by atoms with E-state index in [0.717, 1.165) is 34.5 Å². The third-order valence-electron chi connectivity index (χ3n) is 3.14. The van der Waals surface area contributed by atoms with Crippen LogP contribution in [0.1, 0.15) is 28.9 Å². The predicted molar refractivity (Wildman–Crippen MR) is 74.8 cm³/mol. The summed E-state index contributed by atoms with van der Waals surface area (Å²) < 4.78 is 0.941. The van der Waals surface area contributed by atoms with Crippen molar-refractivity contribution in [2.24, 2.45) is 5.73 Å². The fourth-order valence-electron chi connectivity index (χ4n) is 2.23. The molecule has 1 aromatic rings. The van der Waals surface area contributed by atoms with Gasteiger partial charge in [0.1, 0.15) is 0 Å². The van der Waals surface area contributed by atoms with Gasteiger partial charge >= 0.3 is 0 Å². The number of carbonyl (C=O) groups is 2. The van der Waals surface area contributed by atoms with Crippen LogP contribution in [0.25, 0.3) is 0 Å². The van der Waals surface area contributed by atoms with Crippen molar-refractivity contribution in [2.45, 2.75) is 25.3 Å². The maximum absolute atomic E-state index is 12.1. The van der Waals surface area contributed by atoms with Gasteiger partial charge in [0, 0.05) is 0 Å². The molecule has 1 saturated heterocycles. The average Bonchev–Trinajstić information content (AvgIpc) is 2.76. The molecule has 18 heavy (non-hydrogen) atoms. The van der Waals surface area contributed by atoms with Crippen LogP contribution < -0.4 is 5.73 Å². The van der Waals surface area contributed by atoms with E-state index in [-0.39, 0.29) is 24.3 Å². The molecule has 1 aliphatic heterocycles. The number of amides is 1. The van der Waals surface area contributed by atoms with Gasteiger partial charge in [-0.1, -0.05) is 6.42 Å². The minimum absolute atomic E-state index is 0.0545. The van der Waals surface area contributed by atoms with E-state index in [1.165, 1.54) is 11.3 Å². The van der Waals surface area contributed by atoms with Gasteiger partial charge in [0.05, 0.1) is 21.3 Å². The fraction of sp³-hybridized carbons (Fsp3) is 0.500. The first-order valence-corrected chi connectivity index (χ1v) is 7.51. The first kappa shape index (κ1) is 13.7. The number of piperidine rings is 1. The molecule has 2 N–H and O–H groups in total. The average molecular weight is 331 g/mol. The van der Waals surface area contributed by atoms with E-state index in [9.17, 15) is 9.59 Å². The van der Waals surface area contributed by atoms with E-state index in [0.29, 0.717) is 0 Å². The van der Waals surface area contributed by atoms with Crippen molar-refractivity contribution in [2.75, 3.05) is 13.1 Å². The second-order valence-electron chi connectivity index (χ2n) is 4.41. The minimum Gasteiger partial charge on any atom is -0.368 e. The Balaban J connectivity index is 2.03. The number of primary amides is 1. The van der Waals surface area contributed by atoms with E-state index in [1.54, 1.807) is 6.07 Å². The summed E-state index contributed by atoms with van der Waals surface area (Å²) in [6, 6.07) is 3.38. The molecule has 6 heteroatoms. The zero-order valence-electron chi connectivity index (χ0n) is 9.89. The van der Waals surface area contributed by atoms with Crippen LogP contribution in [0.15, 0.2) is 15.9 Å². The second kappa shape index (κ2) is 5.95. The van der Waals surface area contributed by atoms with Gasteiger partial charge in [0.15, 0.2) is 5.78 Å². The molecule has 1 atom stereocenters. The molecule has 0 aliphatic carbocycles. The molecule has 0 saturated carbocycles. The highest BCUT2D eigenvalue weighted by Crippen LogP contribution is 2.24. The summed E-state index contributed by atoms with van der Waals surface area (Å²) in [4.78, 5) is 26.1. The zero-order chi connectivity index (χ0) is 13.1. The number of hydrogen-bond donors (Lipinski definition) is 1. The Kier molecular flexibility index (Phi) is 4.53. The molecule has 1 aliphatic rings. The highest BCUT2D eigenvalue weighted by Gasteiger charge is 2.28. The van der Waals surface area contributed by atoms with Gasteiger partial charge in [-0.3, -0.25) is 14.5 Å². The molecule has 0 aromatic carbocycles. The Morgan fingerprint density at radius 2 is 2.22 bits per heavy atom. The predicted octanol–water partition coefficient (Wildman–Crippen LogP) is 2.03. The molecule has 98 valence electrons. The fourth-order valence-corrected chi connectivity index (χ4v) is 3.54. The first-order valence-electron chi connectivity index (χ1n) is 5.90. The highest BCUT2D eigenvalue weighted by atomic mass is 79.9. The summed E-state index contributed by atoms with van der Waals surface area (Å²) >= 11 is 4.76. The Hall–Kier alpha value is -0.720. The van der Waals surface area contributed by atoms with E-state index < -0.39 is 0 Å². The molecule has 0 radical (unpaired) electrons. The van der Waals surface area contributed by atoms with Crippen molar-refractivity contribution in [3.8, 4) is 0 Å². The molecule has 1 unspecified atom stereocenters. The minimum atomic E-state index is -0.324. The van der Waals surface area contributed by atoms with Crippen molar-refractivity contribution < 1.29 is 9.59 Å². The van der Waals surface area contributed by atoms with E-state index in [4.69, 9.17) is 5.73 Å². The van der Waals surface area contributed by atoms with Crippen LogP contribution in [0, 0.1) is 0 Å². The number of halogens is 1. The number of ketones is 1. The molecular formula is C12H15BrN2O2S. The summed E-state index contributed by atoms with van der Waals surface area (Å²) in [5, 5.41) is 0. The monoisotopic (exact) mass is 330 g/mol. The quantitative estimate of drug-likeness (QED) is 0.859. The number of rotatable bonds is 4. The number of Topliss-reactive ketones (excluding diaryl/α,β-unsaturated/α-hetero) is 1. The largest absolute Gasteiger partial charge is 0.368 e. The van der Waals surface area contributed by atoms with Gasteiger partial charge in [-0.05, 0) is 47.4 Å². The number of nitrogens with two attached hydrogens (primary N) is 1. The third kappa shape index (κ3) is 3.18. The summed E-state index contributed by atoms with van der Waals surface area (Å²) in [5.41, 5.74) is 5.38. The van der Waals surface area contributed by atoms with Gasteiger partial charge in [-0.2, -0.15) is 0 Å². The standard InChI is InChI=1S/C12H15BrN2O2S/c13-11-5-4-10(18-11)9(16)7-15-6-2-1-3-8(15)12(14)17/h4-5,8H,1-3,6-7H2,(H2,14,17). The number of likely N-dealkylation sites (tertiary alicyclic amines) is 1. The molecule has 4 nitrogen and oxygen atoms in total. The molecule has 1 aromatic heterocycles. The Bertz CT molecular complexity index is 461. The lowest BCUT2D eigenvalue weighted by molar-refractivity contribution is -0.124. The lowest BCUT2D eigenvalue weighted by atomic mass is 10.0. The number of thiophene rings is 1. The van der Waals surface area contributed by atoms with Crippen LogP contribution in [-0.2, 0) is 4.79 Å². The smallest absolute Gasteiger partial charge is 0.234 e. The summed E-state index contributed by atoms with van der Waals surface area (Å²) in [6.07, 6.45) is 2.78. The highest BCUT2D eigenvalue weighted by molar-refractivity contribution is 9.11. The molecule has 2 rings (SSSR count). The van der Waals surface area contributed by atoms with Crippen LogP contribution in [0.2, 0.25) is 0 Å². The van der Waals surface area contributed by atoms with Gasteiger partial charge in [-0.25, -0.2) is 0 Å². The normalized spacial score (nSPS) is 20.8. The van der Waals surface area contributed by atoms with E-state index in [2.05, 4.69) is 15.9 Å². The topological polar surface area (TPSA) is 63.4 Å². The zero-order valence-corrected chi connectivity index (χ0v) is 12.3. The molecule has 2 heterocycles. The molecule has 1 fully saturated rings. The summed E-state index contributed by atoms with van der Waals surface area (Å²) in [5.74, 6) is -0.270. The molecule has 0 bridgehead atoms. The van der Waals surface area contributed by atoms with Crippen LogP contribution in [0.5, 0.6) is 0 Å². The summed E-state index contributed by atoms with van der Waals surface area (Å²) in [6.45, 7) is 1.05. The summed E-state index contributed by atoms with van der Waals surface area (Å²) in [7, 11) is 0. The van der Waals surface area contributed by atoms with Crippen LogP contribution >= 0.6 is 27.3 Å². The Morgan fingerprint density at radius 3 is 2.83 bits per heavy atom. The van der Waals surface area contributed by atoms with E-state index >= 15 is 0 Å². The third-order valence-corrected chi connectivity index (χ3v) is 4.80. The van der Waals surface area contributed by atoms with Gasteiger partial charge < -0.3 is 5.73 Å². The first-order chi connectivity index (χ1) is 8.58. The van der Waals surface area contributed by atoms with Crippen LogP contribution in [0.3, 0.4) is 0 Å². The maximum atomic E-state index is 12.1. The van der Waals surface area contributed by atoms with Gasteiger partial charge in [0.2, 0.25) is 5.91 Å². The van der Waals surface area contributed by atoms with Crippen LogP contribution in [0.4, 0.5) is 0 Å². The second-order valence-corrected chi connectivity index (χ2v) is 6.87. The van der Waals surface area contributed by atoms with E-state index in [1.807, 2.05) is 11.0 Å². The molecule has 0 spiro atoms. The van der Waals surface area contributed by atoms with Gasteiger partial charge in [0.25, 0.3) is 0 Å². The van der Waals surface area contributed by atoms with Crippen LogP contribution in [-0.4, -0.2) is 35.7 Å². The Labute approximate surface area is 118 Å². The Morgan fingerprint density at radius 1 is 1.44 bits per heavy atom. The lowest BCUT2D eigenvalue weighted by Gasteiger charge is -2.32. The molecule has 1 amide bonds. The SMILES string of the molecule is NC(=O)C1CCCCN1CC(=O)c1ccc(Br)s1. The van der Waals surface area contributed by atoms with Crippen molar-refractivity contribution in [1.29, 1.82) is 0 Å². The maximum Gasteiger partial charge on any atom is 0.234 e. The molecular weight excluding hydrogens is 316 g/mol. The lowest BCUT2D eigenvalue weighted by Crippen LogP contribution is -2.49. The van der Waals surface area contributed by atoms with Crippen molar-refractivity contribution >= 4 is 39.0 Å².